The average molecular weight is 305 g/mol. The van der Waals surface area contributed by atoms with Crippen molar-refractivity contribution in [2.45, 2.75) is 12.4 Å². The molecule has 0 spiro atoms. The molecule has 0 atom stereocenters. The molecule has 108 valence electrons. The zero-order valence-electron chi connectivity index (χ0n) is 11.5. The van der Waals surface area contributed by atoms with Crippen LogP contribution < -0.4 is 4.74 Å². The van der Waals surface area contributed by atoms with Gasteiger partial charge in [0.1, 0.15) is 5.82 Å². The molecule has 0 unspecified atom stereocenters. The molecule has 0 bridgehead atoms. The fourth-order valence-corrected chi connectivity index (χ4v) is 2.58. The van der Waals surface area contributed by atoms with E-state index in [0.717, 1.165) is 11.1 Å². The van der Waals surface area contributed by atoms with Crippen molar-refractivity contribution in [3.63, 3.8) is 0 Å². The highest BCUT2D eigenvalue weighted by molar-refractivity contribution is 6.16. The third-order valence-electron chi connectivity index (χ3n) is 3.40. The van der Waals surface area contributed by atoms with E-state index in [1.165, 1.54) is 13.2 Å². The van der Waals surface area contributed by atoms with Gasteiger partial charge in [-0.05, 0) is 5.56 Å². The minimum Gasteiger partial charge on any atom is -0.494 e. The van der Waals surface area contributed by atoms with E-state index in [2.05, 4.69) is 4.98 Å². The molecule has 0 saturated heterocycles. The van der Waals surface area contributed by atoms with E-state index in [9.17, 15) is 4.39 Å². The van der Waals surface area contributed by atoms with Crippen molar-refractivity contribution in [1.29, 1.82) is 0 Å². The predicted octanol–water partition coefficient (Wildman–Crippen LogP) is 3.97. The number of rotatable bonds is 4. The van der Waals surface area contributed by atoms with Gasteiger partial charge in [0.25, 0.3) is 0 Å². The average Bonchev–Trinajstić information content (AvgIpc) is 2.84. The maximum Gasteiger partial charge on any atom is 0.167 e. The normalized spacial score (nSPS) is 11.0. The minimum absolute atomic E-state index is 0.206. The molecule has 21 heavy (non-hydrogen) atoms. The van der Waals surface area contributed by atoms with Crippen LogP contribution in [0.5, 0.6) is 5.75 Å². The lowest BCUT2D eigenvalue weighted by Crippen LogP contribution is -2.03. The molecule has 0 aliphatic carbocycles. The van der Waals surface area contributed by atoms with Crippen LogP contribution in [0, 0.1) is 5.82 Å². The summed E-state index contributed by atoms with van der Waals surface area (Å²) in [5, 5.41) is 0. The van der Waals surface area contributed by atoms with E-state index in [1.54, 1.807) is 6.07 Å². The van der Waals surface area contributed by atoms with Crippen LogP contribution >= 0.6 is 11.6 Å². The van der Waals surface area contributed by atoms with Crippen molar-refractivity contribution < 1.29 is 9.13 Å². The highest BCUT2D eigenvalue weighted by Crippen LogP contribution is 2.26. The van der Waals surface area contributed by atoms with Crippen LogP contribution in [0.1, 0.15) is 11.4 Å². The van der Waals surface area contributed by atoms with Crippen molar-refractivity contribution in [3.05, 3.63) is 59.7 Å². The van der Waals surface area contributed by atoms with Gasteiger partial charge in [0.15, 0.2) is 11.6 Å². The Morgan fingerprint density at radius 2 is 2.00 bits per heavy atom. The number of nitrogens with zero attached hydrogens (tertiary/aromatic N) is 2. The monoisotopic (exact) mass is 304 g/mol. The Kier molecular flexibility index (Phi) is 3.80. The summed E-state index contributed by atoms with van der Waals surface area (Å²) in [5.74, 6) is 0.766. The van der Waals surface area contributed by atoms with E-state index < -0.39 is 5.82 Å². The maximum atomic E-state index is 13.8. The number of hydrogen-bond donors (Lipinski definition) is 0. The number of benzene rings is 2. The maximum absolute atomic E-state index is 13.8. The fourth-order valence-electron chi connectivity index (χ4n) is 2.38. The number of imidazole rings is 1. The van der Waals surface area contributed by atoms with Gasteiger partial charge in [0.05, 0.1) is 24.0 Å². The molecule has 0 amide bonds. The van der Waals surface area contributed by atoms with E-state index in [1.807, 2.05) is 34.9 Å². The number of alkyl halides is 1. The van der Waals surface area contributed by atoms with E-state index in [0.29, 0.717) is 17.9 Å². The first-order chi connectivity index (χ1) is 10.2. The summed E-state index contributed by atoms with van der Waals surface area (Å²) in [7, 11) is 1.45. The molecule has 3 rings (SSSR count). The van der Waals surface area contributed by atoms with Crippen LogP contribution in [-0.2, 0) is 12.4 Å². The number of hydrogen-bond acceptors (Lipinski definition) is 2. The lowest BCUT2D eigenvalue weighted by atomic mass is 10.2. The molecule has 0 aliphatic rings. The van der Waals surface area contributed by atoms with Gasteiger partial charge in [-0.1, -0.05) is 30.3 Å². The lowest BCUT2D eigenvalue weighted by molar-refractivity contribution is 0.387. The Bertz CT molecular complexity index is 771. The first kappa shape index (κ1) is 13.9. The Hall–Kier alpha value is -2.07. The fraction of sp³-hybridized carbons (Fsp3) is 0.188. The summed E-state index contributed by atoms with van der Waals surface area (Å²) in [5.41, 5.74) is 2.53. The molecule has 3 aromatic rings. The summed E-state index contributed by atoms with van der Waals surface area (Å²) in [6.45, 7) is 0.633. The molecule has 0 N–H and O–H groups in total. The van der Waals surface area contributed by atoms with Gasteiger partial charge >= 0.3 is 0 Å². The number of aromatic nitrogens is 2. The standard InChI is InChI=1S/C16H14ClFN2O/c1-21-15-8-14-13(7-12(15)18)19-16(9-17)20(14)10-11-5-3-2-4-6-11/h2-8H,9-10H2,1H3. The van der Waals surface area contributed by atoms with Crippen LogP contribution in [0.15, 0.2) is 42.5 Å². The van der Waals surface area contributed by atoms with E-state index in [4.69, 9.17) is 16.3 Å². The second-order valence-electron chi connectivity index (χ2n) is 4.71. The lowest BCUT2D eigenvalue weighted by Gasteiger charge is -2.09. The molecular formula is C16H14ClFN2O. The van der Waals surface area contributed by atoms with Crippen molar-refractivity contribution >= 4 is 22.6 Å². The zero-order valence-corrected chi connectivity index (χ0v) is 12.3. The second kappa shape index (κ2) is 5.74. The smallest absolute Gasteiger partial charge is 0.167 e. The van der Waals surface area contributed by atoms with Gasteiger partial charge in [-0.15, -0.1) is 11.6 Å². The predicted molar refractivity (Wildman–Crippen MR) is 81.3 cm³/mol. The molecule has 3 nitrogen and oxygen atoms in total. The highest BCUT2D eigenvalue weighted by atomic mass is 35.5. The van der Waals surface area contributed by atoms with Crippen LogP contribution in [0.3, 0.4) is 0 Å². The summed E-state index contributed by atoms with van der Waals surface area (Å²) >= 11 is 5.97. The van der Waals surface area contributed by atoms with Crippen LogP contribution in [0.2, 0.25) is 0 Å². The van der Waals surface area contributed by atoms with Gasteiger partial charge in [0.2, 0.25) is 0 Å². The Morgan fingerprint density at radius 3 is 2.67 bits per heavy atom. The summed E-state index contributed by atoms with van der Waals surface area (Å²) < 4.78 is 20.8. The molecule has 0 radical (unpaired) electrons. The molecule has 1 heterocycles. The molecule has 2 aromatic carbocycles. The third-order valence-corrected chi connectivity index (χ3v) is 3.64. The molecule has 0 saturated carbocycles. The van der Waals surface area contributed by atoms with E-state index >= 15 is 0 Å². The van der Waals surface area contributed by atoms with Gasteiger partial charge in [0, 0.05) is 18.7 Å². The van der Waals surface area contributed by atoms with Crippen molar-refractivity contribution in [3.8, 4) is 5.75 Å². The van der Waals surface area contributed by atoms with Crippen LogP contribution in [0.25, 0.3) is 11.0 Å². The number of ether oxygens (including phenoxy) is 1. The number of methoxy groups -OCH3 is 1. The molecule has 0 aliphatic heterocycles. The summed E-state index contributed by atoms with van der Waals surface area (Å²) in [4.78, 5) is 4.40. The van der Waals surface area contributed by atoms with Gasteiger partial charge < -0.3 is 9.30 Å². The van der Waals surface area contributed by atoms with Gasteiger partial charge in [-0.25, -0.2) is 9.37 Å². The number of halogens is 2. The van der Waals surface area contributed by atoms with Gasteiger partial charge in [-0.2, -0.15) is 0 Å². The summed E-state index contributed by atoms with van der Waals surface area (Å²) in [6, 6.07) is 13.0. The largest absolute Gasteiger partial charge is 0.494 e. The Balaban J connectivity index is 2.15. The second-order valence-corrected chi connectivity index (χ2v) is 4.98. The molecule has 5 heteroatoms. The van der Waals surface area contributed by atoms with Gasteiger partial charge in [-0.3, -0.25) is 0 Å². The van der Waals surface area contributed by atoms with Crippen LogP contribution in [0.4, 0.5) is 4.39 Å². The first-order valence-electron chi connectivity index (χ1n) is 6.55. The highest BCUT2D eigenvalue weighted by Gasteiger charge is 2.14. The zero-order chi connectivity index (χ0) is 14.8. The van der Waals surface area contributed by atoms with Crippen molar-refractivity contribution in [1.82, 2.24) is 9.55 Å². The molecular weight excluding hydrogens is 291 g/mol. The number of fused-ring (bicyclic) bond motifs is 1. The Morgan fingerprint density at radius 1 is 1.24 bits per heavy atom. The van der Waals surface area contributed by atoms with Crippen molar-refractivity contribution in [2.24, 2.45) is 0 Å². The van der Waals surface area contributed by atoms with Crippen LogP contribution in [-0.4, -0.2) is 16.7 Å². The Labute approximate surface area is 126 Å². The molecule has 0 fully saturated rings. The minimum atomic E-state index is -0.421. The topological polar surface area (TPSA) is 27.1 Å². The van der Waals surface area contributed by atoms with E-state index in [-0.39, 0.29) is 11.6 Å². The third kappa shape index (κ3) is 2.59. The quantitative estimate of drug-likeness (QED) is 0.682. The molecule has 1 aromatic heterocycles. The first-order valence-corrected chi connectivity index (χ1v) is 7.09. The SMILES string of the molecule is COc1cc2c(cc1F)nc(CCl)n2Cc1ccccc1. The summed E-state index contributed by atoms with van der Waals surface area (Å²) in [6.07, 6.45) is 0. The van der Waals surface area contributed by atoms with Crippen molar-refractivity contribution in [2.75, 3.05) is 7.11 Å².